The Bertz CT molecular complexity index is 493. The van der Waals surface area contributed by atoms with Gasteiger partial charge in [-0.2, -0.15) is 0 Å². The topological polar surface area (TPSA) is 55.4 Å². The van der Waals surface area contributed by atoms with Crippen molar-refractivity contribution in [3.05, 3.63) is 24.3 Å². The average molecular weight is 269 g/mol. The van der Waals surface area contributed by atoms with E-state index in [1.54, 1.807) is 12.1 Å². The van der Waals surface area contributed by atoms with E-state index in [0.29, 0.717) is 16.5 Å². The highest BCUT2D eigenvalue weighted by atomic mass is 32.2. The van der Waals surface area contributed by atoms with Gasteiger partial charge in [0.1, 0.15) is 0 Å². The molecule has 5 heteroatoms. The van der Waals surface area contributed by atoms with Gasteiger partial charge in [-0.15, -0.1) is 0 Å². The van der Waals surface area contributed by atoms with Gasteiger partial charge in [0.25, 0.3) is 0 Å². The Morgan fingerprint density at radius 2 is 1.94 bits per heavy atom. The van der Waals surface area contributed by atoms with Crippen LogP contribution in [0.25, 0.3) is 0 Å². The predicted molar refractivity (Wildman–Crippen MR) is 71.6 cm³/mol. The first-order valence-corrected chi connectivity index (χ1v) is 8.07. The zero-order valence-corrected chi connectivity index (χ0v) is 11.4. The zero-order chi connectivity index (χ0) is 13.0. The van der Waals surface area contributed by atoms with E-state index in [0.717, 1.165) is 32.6 Å². The van der Waals surface area contributed by atoms with Gasteiger partial charge in [0.05, 0.1) is 10.6 Å². The number of hydrogen-bond donors (Lipinski definition) is 1. The second kappa shape index (κ2) is 5.71. The van der Waals surface area contributed by atoms with Crippen LogP contribution in [0.1, 0.15) is 12.8 Å². The number of sulfone groups is 1. The Morgan fingerprint density at radius 1 is 1.28 bits per heavy atom. The van der Waals surface area contributed by atoms with Gasteiger partial charge in [-0.3, -0.25) is 0 Å². The van der Waals surface area contributed by atoms with Crippen molar-refractivity contribution in [2.75, 3.05) is 31.3 Å². The molecule has 1 fully saturated rings. The quantitative estimate of drug-likeness (QED) is 0.907. The highest BCUT2D eigenvalue weighted by Gasteiger charge is 2.16. The van der Waals surface area contributed by atoms with E-state index in [1.807, 2.05) is 12.1 Å². The number of nitrogens with one attached hydrogen (secondary N) is 1. The first-order valence-electron chi connectivity index (χ1n) is 6.18. The van der Waals surface area contributed by atoms with Gasteiger partial charge < -0.3 is 10.1 Å². The zero-order valence-electron chi connectivity index (χ0n) is 10.6. The fraction of sp³-hybridized carbons (Fsp3) is 0.538. The molecule has 0 bridgehead atoms. The van der Waals surface area contributed by atoms with Crippen LogP contribution in [0.5, 0.6) is 0 Å². The number of rotatable bonds is 4. The van der Waals surface area contributed by atoms with Crippen molar-refractivity contribution < 1.29 is 13.2 Å². The molecule has 1 aromatic rings. The molecule has 100 valence electrons. The maximum Gasteiger partial charge on any atom is 0.177 e. The molecule has 0 saturated carbocycles. The summed E-state index contributed by atoms with van der Waals surface area (Å²) in [5.41, 5.74) is 0.700. The summed E-state index contributed by atoms with van der Waals surface area (Å²) in [6.07, 6.45) is 3.31. The molecule has 0 radical (unpaired) electrons. The van der Waals surface area contributed by atoms with Gasteiger partial charge in [0, 0.05) is 26.0 Å². The Morgan fingerprint density at radius 3 is 2.61 bits per heavy atom. The van der Waals surface area contributed by atoms with E-state index >= 15 is 0 Å². The van der Waals surface area contributed by atoms with Crippen molar-refractivity contribution in [1.29, 1.82) is 0 Å². The van der Waals surface area contributed by atoms with Crippen LogP contribution >= 0.6 is 0 Å². The number of anilines is 1. The van der Waals surface area contributed by atoms with E-state index in [-0.39, 0.29) is 0 Å². The summed E-state index contributed by atoms with van der Waals surface area (Å²) >= 11 is 0. The minimum absolute atomic E-state index is 0.372. The molecule has 0 spiro atoms. The van der Waals surface area contributed by atoms with Gasteiger partial charge in [-0.25, -0.2) is 8.42 Å². The van der Waals surface area contributed by atoms with Crippen LogP contribution in [0.15, 0.2) is 29.2 Å². The van der Waals surface area contributed by atoms with E-state index < -0.39 is 9.84 Å². The molecule has 0 unspecified atom stereocenters. The molecule has 0 aliphatic carbocycles. The molecule has 1 N–H and O–H groups in total. The molecule has 0 aromatic heterocycles. The SMILES string of the molecule is CS(=O)(=O)c1ccccc1NCC1CCOCC1. The Kier molecular flexibility index (Phi) is 4.24. The van der Waals surface area contributed by atoms with Gasteiger partial charge in [0.15, 0.2) is 9.84 Å². The summed E-state index contributed by atoms with van der Waals surface area (Å²) in [7, 11) is -3.17. The molecular formula is C13H19NO3S. The van der Waals surface area contributed by atoms with Crippen molar-refractivity contribution in [2.45, 2.75) is 17.7 Å². The molecule has 1 aliphatic rings. The molecule has 0 atom stereocenters. The Balaban J connectivity index is 2.05. The molecular weight excluding hydrogens is 250 g/mol. The summed E-state index contributed by atoms with van der Waals surface area (Å²) < 4.78 is 28.6. The Hall–Kier alpha value is -1.07. The van der Waals surface area contributed by atoms with Crippen LogP contribution in [-0.4, -0.2) is 34.4 Å². The highest BCUT2D eigenvalue weighted by molar-refractivity contribution is 7.90. The smallest absolute Gasteiger partial charge is 0.177 e. The van der Waals surface area contributed by atoms with Crippen LogP contribution < -0.4 is 5.32 Å². The van der Waals surface area contributed by atoms with Crippen LogP contribution in [0, 0.1) is 5.92 Å². The number of para-hydroxylation sites is 1. The predicted octanol–water partition coefficient (Wildman–Crippen LogP) is 1.93. The number of hydrogen-bond acceptors (Lipinski definition) is 4. The summed E-state index contributed by atoms with van der Waals surface area (Å²) in [5, 5.41) is 3.25. The first-order chi connectivity index (χ1) is 8.57. The second-order valence-electron chi connectivity index (χ2n) is 4.70. The van der Waals surface area contributed by atoms with Crippen molar-refractivity contribution in [2.24, 2.45) is 5.92 Å². The van der Waals surface area contributed by atoms with Crippen LogP contribution in [0.4, 0.5) is 5.69 Å². The Labute approximate surface area is 108 Å². The second-order valence-corrected chi connectivity index (χ2v) is 6.69. The summed E-state index contributed by atoms with van der Waals surface area (Å²) in [5.74, 6) is 0.561. The van der Waals surface area contributed by atoms with E-state index in [2.05, 4.69) is 5.32 Å². The molecule has 0 amide bonds. The summed E-state index contributed by atoms with van der Waals surface area (Å²) in [6.45, 7) is 2.41. The van der Waals surface area contributed by atoms with Gasteiger partial charge in [0.2, 0.25) is 0 Å². The minimum Gasteiger partial charge on any atom is -0.384 e. The molecule has 4 nitrogen and oxygen atoms in total. The molecule has 1 aliphatic heterocycles. The maximum absolute atomic E-state index is 11.6. The number of ether oxygens (including phenoxy) is 1. The van der Waals surface area contributed by atoms with Crippen molar-refractivity contribution in [3.8, 4) is 0 Å². The third kappa shape index (κ3) is 3.46. The fourth-order valence-electron chi connectivity index (χ4n) is 2.14. The van der Waals surface area contributed by atoms with Gasteiger partial charge in [-0.1, -0.05) is 12.1 Å². The van der Waals surface area contributed by atoms with Crippen molar-refractivity contribution in [1.82, 2.24) is 0 Å². The summed E-state index contributed by atoms with van der Waals surface area (Å²) in [6, 6.07) is 7.05. The van der Waals surface area contributed by atoms with Crippen molar-refractivity contribution in [3.63, 3.8) is 0 Å². The lowest BCUT2D eigenvalue weighted by atomic mass is 10.0. The van der Waals surface area contributed by atoms with E-state index in [4.69, 9.17) is 4.74 Å². The molecule has 1 heterocycles. The maximum atomic E-state index is 11.6. The van der Waals surface area contributed by atoms with Gasteiger partial charge >= 0.3 is 0 Å². The van der Waals surface area contributed by atoms with Gasteiger partial charge in [-0.05, 0) is 30.9 Å². The number of benzene rings is 1. The largest absolute Gasteiger partial charge is 0.384 e. The lowest BCUT2D eigenvalue weighted by Crippen LogP contribution is -2.23. The van der Waals surface area contributed by atoms with E-state index in [9.17, 15) is 8.42 Å². The first kappa shape index (κ1) is 13.4. The van der Waals surface area contributed by atoms with Crippen LogP contribution in [-0.2, 0) is 14.6 Å². The lowest BCUT2D eigenvalue weighted by Gasteiger charge is -2.23. The normalized spacial score (nSPS) is 17.6. The highest BCUT2D eigenvalue weighted by Crippen LogP contribution is 2.22. The van der Waals surface area contributed by atoms with Crippen LogP contribution in [0.2, 0.25) is 0 Å². The standard InChI is InChI=1S/C13H19NO3S/c1-18(15,16)13-5-3-2-4-12(13)14-10-11-6-8-17-9-7-11/h2-5,11,14H,6-10H2,1H3. The third-order valence-corrected chi connectivity index (χ3v) is 4.36. The molecule has 1 aromatic carbocycles. The monoisotopic (exact) mass is 269 g/mol. The fourth-order valence-corrected chi connectivity index (χ4v) is 3.01. The van der Waals surface area contributed by atoms with Crippen molar-refractivity contribution >= 4 is 15.5 Å². The third-order valence-electron chi connectivity index (χ3n) is 3.21. The molecule has 2 rings (SSSR count). The minimum atomic E-state index is -3.17. The molecule has 1 saturated heterocycles. The molecule has 18 heavy (non-hydrogen) atoms. The summed E-state index contributed by atoms with van der Waals surface area (Å²) in [4.78, 5) is 0.372. The van der Waals surface area contributed by atoms with E-state index in [1.165, 1.54) is 6.26 Å². The lowest BCUT2D eigenvalue weighted by molar-refractivity contribution is 0.0699. The average Bonchev–Trinajstić information content (AvgIpc) is 2.37. The van der Waals surface area contributed by atoms with Crippen LogP contribution in [0.3, 0.4) is 0 Å².